The van der Waals surface area contributed by atoms with Gasteiger partial charge in [-0.1, -0.05) is 6.92 Å². The fourth-order valence-corrected chi connectivity index (χ4v) is 3.09. The second kappa shape index (κ2) is 5.36. The molecule has 0 spiro atoms. The smallest absolute Gasteiger partial charge is 0.165 e. The second-order valence-electron chi connectivity index (χ2n) is 4.65. The molecule has 1 aromatic carbocycles. The summed E-state index contributed by atoms with van der Waals surface area (Å²) in [7, 11) is 0. The maximum Gasteiger partial charge on any atom is 0.165 e. The van der Waals surface area contributed by atoms with Gasteiger partial charge in [0.25, 0.3) is 0 Å². The topological polar surface area (TPSA) is 73.2 Å². The number of anilines is 1. The lowest BCUT2D eigenvalue weighted by atomic mass is 10.0. The third kappa shape index (κ3) is 2.24. The van der Waals surface area contributed by atoms with Crippen LogP contribution in [0.4, 0.5) is 5.82 Å². The van der Waals surface area contributed by atoms with Crippen LogP contribution in [-0.2, 0) is 6.42 Å². The van der Waals surface area contributed by atoms with E-state index < -0.39 is 0 Å². The molecule has 0 amide bonds. The van der Waals surface area contributed by atoms with Gasteiger partial charge in [-0.25, -0.2) is 0 Å². The summed E-state index contributed by atoms with van der Waals surface area (Å²) in [5, 5.41) is 6.96. The van der Waals surface area contributed by atoms with Crippen LogP contribution in [0.1, 0.15) is 18.9 Å². The maximum atomic E-state index is 5.88. The van der Waals surface area contributed by atoms with E-state index in [1.165, 1.54) is 0 Å². The van der Waals surface area contributed by atoms with Crippen molar-refractivity contribution in [2.75, 3.05) is 18.9 Å². The number of aromatic amines is 1. The molecule has 1 aliphatic rings. The molecule has 106 valence electrons. The Bertz CT molecular complexity index is 640. The van der Waals surface area contributed by atoms with Gasteiger partial charge in [0, 0.05) is 28.1 Å². The summed E-state index contributed by atoms with van der Waals surface area (Å²) in [6.07, 6.45) is 1.72. The third-order valence-corrected chi connectivity index (χ3v) is 3.93. The van der Waals surface area contributed by atoms with Gasteiger partial charge in [-0.3, -0.25) is 5.10 Å². The molecule has 3 rings (SSSR count). The van der Waals surface area contributed by atoms with Gasteiger partial charge in [-0.15, -0.1) is 0 Å². The van der Waals surface area contributed by atoms with Crippen LogP contribution in [0.25, 0.3) is 11.3 Å². The molecular weight excluding hydrogens is 322 g/mol. The molecule has 0 bridgehead atoms. The Kier molecular flexibility index (Phi) is 3.56. The minimum atomic E-state index is 0.473. The van der Waals surface area contributed by atoms with E-state index in [2.05, 4.69) is 33.1 Å². The highest BCUT2D eigenvalue weighted by atomic mass is 79.9. The van der Waals surface area contributed by atoms with Gasteiger partial charge >= 0.3 is 0 Å². The summed E-state index contributed by atoms with van der Waals surface area (Å²) in [5.41, 5.74) is 8.71. The predicted octanol–water partition coefficient (Wildman–Crippen LogP) is 3.15. The molecule has 1 aliphatic heterocycles. The highest BCUT2D eigenvalue weighted by Gasteiger charge is 2.22. The number of halogens is 1. The molecule has 20 heavy (non-hydrogen) atoms. The number of hydrogen-bond donors (Lipinski definition) is 2. The number of aromatic nitrogens is 2. The summed E-state index contributed by atoms with van der Waals surface area (Å²) in [4.78, 5) is 0. The van der Waals surface area contributed by atoms with Crippen molar-refractivity contribution < 1.29 is 9.47 Å². The van der Waals surface area contributed by atoms with Crippen LogP contribution >= 0.6 is 15.9 Å². The lowest BCUT2D eigenvalue weighted by molar-refractivity contribution is 0.296. The first kappa shape index (κ1) is 13.3. The zero-order valence-corrected chi connectivity index (χ0v) is 12.8. The minimum absolute atomic E-state index is 0.473. The molecule has 0 atom stereocenters. The molecule has 0 saturated heterocycles. The van der Waals surface area contributed by atoms with Crippen molar-refractivity contribution >= 4 is 21.7 Å². The molecule has 0 saturated carbocycles. The summed E-state index contributed by atoms with van der Waals surface area (Å²) in [5.74, 6) is 2.10. The molecule has 2 aromatic rings. The van der Waals surface area contributed by atoms with Crippen molar-refractivity contribution in [3.63, 3.8) is 0 Å². The number of fused-ring (bicyclic) bond motifs is 1. The Morgan fingerprint density at radius 3 is 2.85 bits per heavy atom. The second-order valence-corrected chi connectivity index (χ2v) is 5.50. The van der Waals surface area contributed by atoms with Gasteiger partial charge < -0.3 is 15.2 Å². The van der Waals surface area contributed by atoms with Crippen molar-refractivity contribution in [3.05, 3.63) is 22.2 Å². The average molecular weight is 338 g/mol. The van der Waals surface area contributed by atoms with E-state index in [9.17, 15) is 0 Å². The number of nitrogens with one attached hydrogen (secondary N) is 1. The van der Waals surface area contributed by atoms with Gasteiger partial charge in [-0.2, -0.15) is 5.10 Å². The molecule has 3 N–H and O–H groups in total. The number of rotatable bonds is 2. The van der Waals surface area contributed by atoms with E-state index in [0.717, 1.165) is 45.6 Å². The number of nitrogen functional groups attached to an aromatic ring is 1. The summed E-state index contributed by atoms with van der Waals surface area (Å²) < 4.78 is 12.6. The van der Waals surface area contributed by atoms with E-state index in [0.29, 0.717) is 19.0 Å². The van der Waals surface area contributed by atoms with E-state index in [1.54, 1.807) is 0 Å². The van der Waals surface area contributed by atoms with Crippen LogP contribution in [-0.4, -0.2) is 23.4 Å². The Balaban J connectivity index is 2.21. The zero-order valence-electron chi connectivity index (χ0n) is 11.2. The van der Waals surface area contributed by atoms with Crippen molar-refractivity contribution in [2.24, 2.45) is 0 Å². The summed E-state index contributed by atoms with van der Waals surface area (Å²) in [6.45, 7) is 3.45. The van der Waals surface area contributed by atoms with Crippen molar-refractivity contribution in [3.8, 4) is 22.8 Å². The minimum Gasteiger partial charge on any atom is -0.490 e. The first-order valence-corrected chi connectivity index (χ1v) is 7.42. The lowest BCUT2D eigenvalue weighted by Crippen LogP contribution is -2.00. The van der Waals surface area contributed by atoms with Gasteiger partial charge in [0.1, 0.15) is 5.82 Å². The van der Waals surface area contributed by atoms with Crippen LogP contribution < -0.4 is 15.2 Å². The van der Waals surface area contributed by atoms with Crippen LogP contribution in [0.15, 0.2) is 16.6 Å². The Morgan fingerprint density at radius 2 is 2.15 bits per heavy atom. The lowest BCUT2D eigenvalue weighted by Gasteiger charge is -2.17. The molecule has 0 radical (unpaired) electrons. The Hall–Kier alpha value is -1.69. The van der Waals surface area contributed by atoms with Gasteiger partial charge in [0.05, 0.1) is 18.9 Å². The van der Waals surface area contributed by atoms with Crippen molar-refractivity contribution in [1.29, 1.82) is 0 Å². The largest absolute Gasteiger partial charge is 0.490 e. The van der Waals surface area contributed by atoms with E-state index in [4.69, 9.17) is 15.2 Å². The number of ether oxygens (including phenoxy) is 2. The van der Waals surface area contributed by atoms with Crippen LogP contribution in [0, 0.1) is 0 Å². The Morgan fingerprint density at radius 1 is 1.35 bits per heavy atom. The monoisotopic (exact) mass is 337 g/mol. The average Bonchev–Trinajstić information content (AvgIpc) is 2.71. The Labute approximate surface area is 125 Å². The molecule has 5 nitrogen and oxygen atoms in total. The van der Waals surface area contributed by atoms with E-state index in [-0.39, 0.29) is 0 Å². The van der Waals surface area contributed by atoms with Crippen molar-refractivity contribution in [1.82, 2.24) is 10.2 Å². The first-order chi connectivity index (χ1) is 9.70. The first-order valence-electron chi connectivity index (χ1n) is 6.63. The van der Waals surface area contributed by atoms with Crippen molar-refractivity contribution in [2.45, 2.75) is 19.8 Å². The number of hydrogen-bond acceptors (Lipinski definition) is 4. The molecule has 1 aromatic heterocycles. The van der Waals surface area contributed by atoms with Gasteiger partial charge in [0.15, 0.2) is 11.5 Å². The third-order valence-electron chi connectivity index (χ3n) is 3.31. The fraction of sp³-hybridized carbons (Fsp3) is 0.357. The highest BCUT2D eigenvalue weighted by molar-refractivity contribution is 9.10. The predicted molar refractivity (Wildman–Crippen MR) is 81.1 cm³/mol. The molecule has 0 unspecified atom stereocenters. The molecular formula is C14H16BrN3O2. The van der Waals surface area contributed by atoms with Gasteiger partial charge in [0.2, 0.25) is 0 Å². The SMILES string of the molecule is CCc1c2c(cc(Br)c1-c1cc(N)n[nH]1)OCCCO2. The quantitative estimate of drug-likeness (QED) is 0.882. The summed E-state index contributed by atoms with van der Waals surface area (Å²) in [6, 6.07) is 3.77. The fourth-order valence-electron chi connectivity index (χ4n) is 2.43. The normalized spacial score (nSPS) is 14.1. The molecule has 0 fully saturated rings. The zero-order chi connectivity index (χ0) is 14.1. The molecule has 6 heteroatoms. The van der Waals surface area contributed by atoms with Gasteiger partial charge in [-0.05, 0) is 28.4 Å². The van der Waals surface area contributed by atoms with Crippen LogP contribution in [0.2, 0.25) is 0 Å². The standard InChI is InChI=1S/C14H16BrN3O2/c1-2-8-13(10-7-12(16)18-17-10)9(15)6-11-14(8)20-5-3-4-19-11/h6-7H,2-5H2,1H3,(H3,16,17,18). The number of H-pyrrole nitrogens is 1. The maximum absolute atomic E-state index is 5.88. The van der Waals surface area contributed by atoms with Crippen LogP contribution in [0.3, 0.4) is 0 Å². The highest BCUT2D eigenvalue weighted by Crippen LogP contribution is 2.44. The number of nitrogens with two attached hydrogens (primary N) is 1. The molecule has 0 aliphatic carbocycles. The molecule has 2 heterocycles. The number of benzene rings is 1. The summed E-state index contributed by atoms with van der Waals surface area (Å²) >= 11 is 3.61. The van der Waals surface area contributed by atoms with E-state index in [1.807, 2.05) is 12.1 Å². The number of nitrogens with zero attached hydrogens (tertiary/aromatic N) is 1. The van der Waals surface area contributed by atoms with E-state index >= 15 is 0 Å². The van der Waals surface area contributed by atoms with Crippen LogP contribution in [0.5, 0.6) is 11.5 Å².